The van der Waals surface area contributed by atoms with E-state index in [0.717, 1.165) is 15.8 Å². The number of imidazole rings is 1. The number of carbonyl (C=O) groups is 1. The number of aromatic nitrogens is 2. The van der Waals surface area contributed by atoms with Crippen LogP contribution in [-0.2, 0) is 6.54 Å². The Kier molecular flexibility index (Phi) is 5.54. The number of ether oxygens (including phenoxy) is 1. The quantitative estimate of drug-likeness (QED) is 0.609. The predicted molar refractivity (Wildman–Crippen MR) is 93.8 cm³/mol. The van der Waals surface area contributed by atoms with Crippen LogP contribution in [0.4, 0.5) is 0 Å². The maximum absolute atomic E-state index is 11.9. The number of hydrogen-bond acceptors (Lipinski definition) is 3. The molecule has 1 amide bonds. The van der Waals surface area contributed by atoms with Crippen LogP contribution in [0.5, 0.6) is 5.75 Å². The van der Waals surface area contributed by atoms with Crippen LogP contribution in [0.1, 0.15) is 31.3 Å². The highest BCUT2D eigenvalue weighted by atomic mass is 79.9. The van der Waals surface area contributed by atoms with E-state index in [1.54, 1.807) is 13.1 Å². The fourth-order valence-electron chi connectivity index (χ4n) is 2.18. The molecule has 0 bridgehead atoms. The summed E-state index contributed by atoms with van der Waals surface area (Å²) in [7, 11) is 0. The molecule has 2 N–H and O–H groups in total. The van der Waals surface area contributed by atoms with Crippen LogP contribution in [0.3, 0.4) is 0 Å². The molecule has 122 valence electrons. The van der Waals surface area contributed by atoms with Crippen LogP contribution in [-0.4, -0.2) is 27.9 Å². The van der Waals surface area contributed by atoms with Crippen molar-refractivity contribution in [2.45, 2.75) is 27.3 Å². The number of hydrogen-bond donors (Lipinski definition) is 1. The zero-order valence-corrected chi connectivity index (χ0v) is 14.9. The molecule has 1 aromatic heterocycles. The monoisotopic (exact) mass is 378 g/mol. The van der Waals surface area contributed by atoms with E-state index in [9.17, 15) is 4.79 Å². The van der Waals surface area contributed by atoms with Gasteiger partial charge < -0.3 is 15.0 Å². The lowest BCUT2D eigenvalue weighted by Gasteiger charge is -2.06. The average molecular weight is 379 g/mol. The summed E-state index contributed by atoms with van der Waals surface area (Å²) >= 11 is 3.42. The van der Waals surface area contributed by atoms with Crippen LogP contribution in [0, 0.1) is 0 Å². The van der Waals surface area contributed by atoms with E-state index < -0.39 is 5.91 Å². The summed E-state index contributed by atoms with van der Waals surface area (Å²) in [5, 5.41) is 0. The molecule has 0 fully saturated rings. The summed E-state index contributed by atoms with van der Waals surface area (Å²) in [6.07, 6.45) is 1.69. The number of fused-ring (bicyclic) bond motifs is 3. The van der Waals surface area contributed by atoms with Gasteiger partial charge >= 0.3 is 0 Å². The van der Waals surface area contributed by atoms with Crippen molar-refractivity contribution in [3.05, 3.63) is 34.6 Å². The molecule has 0 spiro atoms. The van der Waals surface area contributed by atoms with E-state index in [0.29, 0.717) is 19.0 Å². The molecule has 2 heterocycles. The van der Waals surface area contributed by atoms with Gasteiger partial charge in [0.1, 0.15) is 29.7 Å². The van der Waals surface area contributed by atoms with Gasteiger partial charge in [-0.1, -0.05) is 29.8 Å². The Bertz CT molecular complexity index is 749. The number of benzene rings is 1. The zero-order valence-electron chi connectivity index (χ0n) is 13.3. The minimum Gasteiger partial charge on any atom is -0.491 e. The van der Waals surface area contributed by atoms with Crippen molar-refractivity contribution >= 4 is 27.7 Å². The molecule has 0 aliphatic carbocycles. The van der Waals surface area contributed by atoms with Crippen molar-refractivity contribution in [3.63, 3.8) is 0 Å². The van der Waals surface area contributed by atoms with Crippen LogP contribution < -0.4 is 10.5 Å². The van der Waals surface area contributed by atoms with Gasteiger partial charge in [-0.05, 0) is 25.1 Å². The summed E-state index contributed by atoms with van der Waals surface area (Å²) in [5.41, 5.74) is 6.57. The number of amidine groups is 1. The van der Waals surface area contributed by atoms with Crippen LogP contribution in [0.25, 0.3) is 11.4 Å². The SMILES string of the molecule is CC.CC(N)=NC(=O)c1cn2c(n1)-c1ccc(Br)cc1OCC2. The fourth-order valence-corrected chi connectivity index (χ4v) is 2.52. The van der Waals surface area contributed by atoms with Gasteiger partial charge in [0.05, 0.1) is 12.1 Å². The topological polar surface area (TPSA) is 82.5 Å². The normalized spacial score (nSPS) is 13.0. The lowest BCUT2D eigenvalue weighted by molar-refractivity contribution is 0.0998. The van der Waals surface area contributed by atoms with Crippen molar-refractivity contribution in [1.82, 2.24) is 9.55 Å². The Labute approximate surface area is 143 Å². The van der Waals surface area contributed by atoms with E-state index in [1.807, 2.05) is 36.6 Å². The third-order valence-corrected chi connectivity index (χ3v) is 3.54. The molecule has 0 unspecified atom stereocenters. The van der Waals surface area contributed by atoms with Crippen molar-refractivity contribution in [2.24, 2.45) is 10.7 Å². The minimum absolute atomic E-state index is 0.218. The van der Waals surface area contributed by atoms with Crippen LogP contribution in [0.15, 0.2) is 33.9 Å². The highest BCUT2D eigenvalue weighted by Crippen LogP contribution is 2.34. The van der Waals surface area contributed by atoms with Gasteiger partial charge in [0, 0.05) is 10.7 Å². The maximum atomic E-state index is 11.9. The number of nitrogens with two attached hydrogens (primary N) is 1. The number of aliphatic imine (C=N–C) groups is 1. The number of rotatable bonds is 1. The van der Waals surface area contributed by atoms with E-state index in [4.69, 9.17) is 10.5 Å². The Balaban J connectivity index is 0.000000924. The first-order chi connectivity index (χ1) is 11.0. The van der Waals surface area contributed by atoms with Gasteiger partial charge in [0.2, 0.25) is 0 Å². The molecule has 1 aliphatic rings. The molecule has 0 saturated heterocycles. The van der Waals surface area contributed by atoms with E-state index in [-0.39, 0.29) is 11.5 Å². The second-order valence-electron chi connectivity index (χ2n) is 4.69. The third-order valence-electron chi connectivity index (χ3n) is 3.05. The summed E-state index contributed by atoms with van der Waals surface area (Å²) in [6, 6.07) is 5.72. The number of nitrogens with zero attached hydrogens (tertiary/aromatic N) is 3. The maximum Gasteiger partial charge on any atom is 0.298 e. The molecule has 0 saturated carbocycles. The molecule has 0 radical (unpaired) electrons. The second-order valence-corrected chi connectivity index (χ2v) is 5.61. The third kappa shape index (κ3) is 3.79. The summed E-state index contributed by atoms with van der Waals surface area (Å²) in [5.74, 6) is 1.22. The van der Waals surface area contributed by atoms with Crippen molar-refractivity contribution in [1.29, 1.82) is 0 Å². The molecular formula is C16H19BrN4O2. The van der Waals surface area contributed by atoms with E-state index in [1.165, 1.54) is 0 Å². The lowest BCUT2D eigenvalue weighted by atomic mass is 10.2. The molecule has 7 heteroatoms. The van der Waals surface area contributed by atoms with Gasteiger partial charge in [-0.25, -0.2) is 4.98 Å². The van der Waals surface area contributed by atoms with Crippen molar-refractivity contribution in [2.75, 3.05) is 6.61 Å². The fraction of sp³-hybridized carbons (Fsp3) is 0.312. The standard InChI is InChI=1S/C14H13BrN4O2.C2H6/c1-8(16)17-14(20)11-7-19-4-5-21-12-6-9(15)2-3-10(12)13(19)18-11;1-2/h2-3,6-7H,4-5H2,1H3,(H2,16,17,20);1-2H3. The smallest absolute Gasteiger partial charge is 0.298 e. The first-order valence-corrected chi connectivity index (χ1v) is 8.19. The molecule has 0 atom stereocenters. The van der Waals surface area contributed by atoms with Crippen LogP contribution in [0.2, 0.25) is 0 Å². The van der Waals surface area contributed by atoms with Gasteiger partial charge in [-0.15, -0.1) is 0 Å². The number of carbonyl (C=O) groups excluding carboxylic acids is 1. The predicted octanol–water partition coefficient (Wildman–Crippen LogP) is 3.25. The molecule has 3 rings (SSSR count). The van der Waals surface area contributed by atoms with E-state index in [2.05, 4.69) is 25.9 Å². The molecule has 2 aromatic rings. The van der Waals surface area contributed by atoms with E-state index >= 15 is 0 Å². The summed E-state index contributed by atoms with van der Waals surface area (Å²) < 4.78 is 8.54. The summed E-state index contributed by atoms with van der Waals surface area (Å²) in [4.78, 5) is 20.1. The second kappa shape index (κ2) is 7.41. The Morgan fingerprint density at radius 3 is 2.87 bits per heavy atom. The summed E-state index contributed by atoms with van der Waals surface area (Å²) in [6.45, 7) is 6.70. The van der Waals surface area contributed by atoms with Crippen molar-refractivity contribution in [3.8, 4) is 17.1 Å². The average Bonchev–Trinajstić information content (AvgIpc) is 2.86. The molecule has 1 aliphatic heterocycles. The number of halogens is 1. The molecule has 1 aromatic carbocycles. The first kappa shape index (κ1) is 17.2. The van der Waals surface area contributed by atoms with Gasteiger partial charge in [-0.3, -0.25) is 4.79 Å². The Morgan fingerprint density at radius 1 is 1.43 bits per heavy atom. The largest absolute Gasteiger partial charge is 0.491 e. The van der Waals surface area contributed by atoms with Gasteiger partial charge in [0.15, 0.2) is 0 Å². The van der Waals surface area contributed by atoms with Crippen LogP contribution >= 0.6 is 15.9 Å². The Hall–Kier alpha value is -2.15. The highest BCUT2D eigenvalue weighted by Gasteiger charge is 2.20. The lowest BCUT2D eigenvalue weighted by Crippen LogP contribution is -2.09. The van der Waals surface area contributed by atoms with Gasteiger partial charge in [0.25, 0.3) is 5.91 Å². The Morgan fingerprint density at radius 2 is 2.17 bits per heavy atom. The minimum atomic E-state index is -0.435. The number of amides is 1. The van der Waals surface area contributed by atoms with Gasteiger partial charge in [-0.2, -0.15) is 4.99 Å². The molecular weight excluding hydrogens is 360 g/mol. The molecule has 6 nitrogen and oxygen atoms in total. The first-order valence-electron chi connectivity index (χ1n) is 7.39. The molecule has 23 heavy (non-hydrogen) atoms. The highest BCUT2D eigenvalue weighted by molar-refractivity contribution is 9.10. The zero-order chi connectivity index (χ0) is 17.0. The van der Waals surface area contributed by atoms with Crippen molar-refractivity contribution < 1.29 is 9.53 Å².